The first kappa shape index (κ1) is 25.2. The molecule has 2 heterocycles. The van der Waals surface area contributed by atoms with Crippen molar-refractivity contribution < 1.29 is 18.7 Å². The van der Waals surface area contributed by atoms with Crippen LogP contribution in [0.5, 0.6) is 0 Å². The Morgan fingerprint density at radius 2 is 1.91 bits per heavy atom. The molecule has 0 unspecified atom stereocenters. The van der Waals surface area contributed by atoms with E-state index in [4.69, 9.17) is 16.3 Å². The van der Waals surface area contributed by atoms with Crippen LogP contribution in [0.1, 0.15) is 57.6 Å². The molecule has 1 aliphatic heterocycles. The zero-order valence-electron chi connectivity index (χ0n) is 20.7. The highest BCUT2D eigenvalue weighted by Gasteiger charge is 2.41. The highest BCUT2D eigenvalue weighted by molar-refractivity contribution is 6.28. The maximum atomic E-state index is 14.8. The summed E-state index contributed by atoms with van der Waals surface area (Å²) in [6, 6.07) is 4.24. The summed E-state index contributed by atoms with van der Waals surface area (Å²) in [6.45, 7) is 7.45. The second-order valence-corrected chi connectivity index (χ2v) is 10.5. The highest BCUT2D eigenvalue weighted by Crippen LogP contribution is 2.38. The van der Waals surface area contributed by atoms with Crippen LogP contribution in [0, 0.1) is 12.7 Å². The quantitative estimate of drug-likeness (QED) is 0.502. The van der Waals surface area contributed by atoms with E-state index in [1.165, 1.54) is 11.0 Å². The van der Waals surface area contributed by atoms with Crippen LogP contribution in [-0.4, -0.2) is 51.7 Å². The third kappa shape index (κ3) is 5.19. The van der Waals surface area contributed by atoms with Crippen molar-refractivity contribution in [2.45, 2.75) is 77.6 Å². The molecule has 0 saturated heterocycles. The first-order valence-electron chi connectivity index (χ1n) is 11.8. The highest BCUT2D eigenvalue weighted by atomic mass is 35.5. The van der Waals surface area contributed by atoms with E-state index >= 15 is 0 Å². The Labute approximate surface area is 210 Å². The minimum atomic E-state index is -0.570. The number of amides is 3. The standard InChI is InChI=1S/C25H31ClFN5O3/c1-15-7-6-8-19(27)20(15)31-14-16-13-28-22(26)29-21(16)32(23(31)33)18-11-9-17(10-12-18)30(5)24(34)35-25(2,3)4/h6-8,13,17-18H,9-12,14H2,1-5H3. The van der Waals surface area contributed by atoms with E-state index in [9.17, 15) is 14.0 Å². The third-order valence-electron chi connectivity index (χ3n) is 6.52. The molecular weight excluding hydrogens is 473 g/mol. The number of benzene rings is 1. The van der Waals surface area contributed by atoms with Crippen molar-refractivity contribution in [3.05, 3.63) is 46.6 Å². The molecule has 0 atom stereocenters. The summed E-state index contributed by atoms with van der Waals surface area (Å²) >= 11 is 6.09. The van der Waals surface area contributed by atoms with Crippen LogP contribution < -0.4 is 9.80 Å². The molecule has 1 aliphatic carbocycles. The van der Waals surface area contributed by atoms with Crippen molar-refractivity contribution in [3.63, 3.8) is 0 Å². The van der Waals surface area contributed by atoms with E-state index in [1.54, 1.807) is 42.1 Å². The Morgan fingerprint density at radius 1 is 1.23 bits per heavy atom. The van der Waals surface area contributed by atoms with Crippen LogP contribution in [0.3, 0.4) is 0 Å². The molecule has 2 aromatic rings. The van der Waals surface area contributed by atoms with Crippen LogP contribution in [0.2, 0.25) is 5.28 Å². The lowest BCUT2D eigenvalue weighted by atomic mass is 9.89. The molecule has 4 rings (SSSR count). The lowest BCUT2D eigenvalue weighted by Crippen LogP contribution is -2.54. The van der Waals surface area contributed by atoms with E-state index in [2.05, 4.69) is 9.97 Å². The molecule has 1 saturated carbocycles. The van der Waals surface area contributed by atoms with Crippen molar-refractivity contribution in [2.24, 2.45) is 0 Å². The predicted molar refractivity (Wildman–Crippen MR) is 132 cm³/mol. The van der Waals surface area contributed by atoms with Gasteiger partial charge in [-0.2, -0.15) is 4.98 Å². The van der Waals surface area contributed by atoms with Gasteiger partial charge in [-0.05, 0) is 76.6 Å². The van der Waals surface area contributed by atoms with Gasteiger partial charge in [-0.3, -0.25) is 9.80 Å². The van der Waals surface area contributed by atoms with Gasteiger partial charge in [0.25, 0.3) is 0 Å². The smallest absolute Gasteiger partial charge is 0.410 e. The molecule has 188 valence electrons. The molecule has 1 fully saturated rings. The third-order valence-corrected chi connectivity index (χ3v) is 6.71. The Hall–Kier alpha value is -2.94. The summed E-state index contributed by atoms with van der Waals surface area (Å²) in [5.41, 5.74) is 1.05. The van der Waals surface area contributed by atoms with E-state index in [-0.39, 0.29) is 41.7 Å². The van der Waals surface area contributed by atoms with E-state index in [1.807, 2.05) is 20.8 Å². The molecule has 1 aromatic carbocycles. The van der Waals surface area contributed by atoms with Crippen LogP contribution in [0.25, 0.3) is 0 Å². The number of carbonyl (C=O) groups excluding carboxylic acids is 2. The fourth-order valence-corrected chi connectivity index (χ4v) is 4.94. The number of hydrogen-bond acceptors (Lipinski definition) is 5. The summed E-state index contributed by atoms with van der Waals surface area (Å²) in [4.78, 5) is 39.5. The number of anilines is 2. The lowest BCUT2D eigenvalue weighted by Gasteiger charge is -2.43. The Balaban J connectivity index is 1.59. The molecule has 1 aromatic heterocycles. The first-order chi connectivity index (χ1) is 16.5. The summed E-state index contributed by atoms with van der Waals surface area (Å²) in [5, 5.41) is 0.0513. The van der Waals surface area contributed by atoms with Gasteiger partial charge in [-0.25, -0.2) is 19.0 Å². The average molecular weight is 504 g/mol. The number of ether oxygens (including phenoxy) is 1. The topological polar surface area (TPSA) is 78.9 Å². The lowest BCUT2D eigenvalue weighted by molar-refractivity contribution is 0.0183. The van der Waals surface area contributed by atoms with Gasteiger partial charge < -0.3 is 9.64 Å². The number of rotatable bonds is 3. The zero-order valence-corrected chi connectivity index (χ0v) is 21.5. The molecule has 0 N–H and O–H groups in total. The predicted octanol–water partition coefficient (Wildman–Crippen LogP) is 5.70. The molecule has 35 heavy (non-hydrogen) atoms. The summed E-state index contributed by atoms with van der Waals surface area (Å²) in [6.07, 6.45) is 3.91. The number of urea groups is 1. The molecule has 2 aliphatic rings. The zero-order chi connectivity index (χ0) is 25.5. The minimum Gasteiger partial charge on any atom is -0.444 e. The van der Waals surface area contributed by atoms with Gasteiger partial charge in [-0.1, -0.05) is 12.1 Å². The summed E-state index contributed by atoms with van der Waals surface area (Å²) in [7, 11) is 1.75. The van der Waals surface area contributed by atoms with E-state index in [0.717, 1.165) is 0 Å². The number of nitrogens with zero attached hydrogens (tertiary/aromatic N) is 5. The Morgan fingerprint density at radius 3 is 2.54 bits per heavy atom. The van der Waals surface area contributed by atoms with Crippen molar-refractivity contribution in [1.82, 2.24) is 14.9 Å². The van der Waals surface area contributed by atoms with Crippen molar-refractivity contribution in [3.8, 4) is 0 Å². The molecule has 0 radical (unpaired) electrons. The van der Waals surface area contributed by atoms with Gasteiger partial charge in [0, 0.05) is 30.9 Å². The van der Waals surface area contributed by atoms with Crippen LogP contribution in [0.4, 0.5) is 25.5 Å². The van der Waals surface area contributed by atoms with Gasteiger partial charge in [0.2, 0.25) is 5.28 Å². The number of aromatic nitrogens is 2. The van der Waals surface area contributed by atoms with Crippen molar-refractivity contribution in [1.29, 1.82) is 0 Å². The monoisotopic (exact) mass is 503 g/mol. The number of hydrogen-bond donors (Lipinski definition) is 0. The second-order valence-electron chi connectivity index (χ2n) is 10.2. The fraction of sp³-hybridized carbons (Fsp3) is 0.520. The molecule has 10 heteroatoms. The van der Waals surface area contributed by atoms with Gasteiger partial charge in [0.05, 0.1) is 12.2 Å². The van der Waals surface area contributed by atoms with Crippen LogP contribution in [-0.2, 0) is 11.3 Å². The number of fused-ring (bicyclic) bond motifs is 1. The van der Waals surface area contributed by atoms with Crippen LogP contribution >= 0.6 is 11.6 Å². The average Bonchev–Trinajstić information content (AvgIpc) is 2.78. The number of para-hydroxylation sites is 1. The number of carbonyl (C=O) groups is 2. The van der Waals surface area contributed by atoms with Gasteiger partial charge >= 0.3 is 12.1 Å². The van der Waals surface area contributed by atoms with Gasteiger partial charge in [0.15, 0.2) is 0 Å². The van der Waals surface area contributed by atoms with Gasteiger partial charge in [0.1, 0.15) is 17.2 Å². The second kappa shape index (κ2) is 9.60. The van der Waals surface area contributed by atoms with Crippen molar-refractivity contribution >= 4 is 35.2 Å². The summed E-state index contributed by atoms with van der Waals surface area (Å²) in [5.74, 6) is 0.00325. The maximum absolute atomic E-state index is 14.8. The minimum absolute atomic E-state index is 0.000588. The molecule has 0 spiro atoms. The molecule has 3 amide bonds. The van der Waals surface area contributed by atoms with Crippen LogP contribution in [0.15, 0.2) is 24.4 Å². The maximum Gasteiger partial charge on any atom is 0.410 e. The molecule has 0 bridgehead atoms. The normalized spacial score (nSPS) is 20.5. The Bertz CT molecular complexity index is 1110. The number of halogens is 2. The van der Waals surface area contributed by atoms with E-state index < -0.39 is 11.4 Å². The SMILES string of the molecule is Cc1cccc(F)c1N1Cc2cnc(Cl)nc2N(C2CCC(N(C)C(=O)OC(C)(C)C)CC2)C1=O. The van der Waals surface area contributed by atoms with Crippen molar-refractivity contribution in [2.75, 3.05) is 16.8 Å². The fourth-order valence-electron chi connectivity index (χ4n) is 4.81. The van der Waals surface area contributed by atoms with E-state index in [0.29, 0.717) is 42.6 Å². The summed E-state index contributed by atoms with van der Waals surface area (Å²) < 4.78 is 20.3. The molecular formula is C25H31ClFN5O3. The molecule has 8 nitrogen and oxygen atoms in total. The van der Waals surface area contributed by atoms with Gasteiger partial charge in [-0.15, -0.1) is 0 Å². The number of aryl methyl sites for hydroxylation is 1. The first-order valence-corrected chi connectivity index (χ1v) is 12.2. The Kier molecular flexibility index (Phi) is 6.90. The largest absolute Gasteiger partial charge is 0.444 e.